The molecular formula is C22H21N3O. The molecule has 4 rings (SSSR count). The first-order chi connectivity index (χ1) is 12.7. The Hall–Kier alpha value is -3.14. The zero-order valence-corrected chi connectivity index (χ0v) is 14.8. The van der Waals surface area contributed by atoms with Crippen LogP contribution < -0.4 is 10.2 Å². The summed E-state index contributed by atoms with van der Waals surface area (Å²) in [6, 6.07) is 20.3. The SMILES string of the molecule is Cc1cccc(CC(=O)Nc2ccc(N3CCc4ccccc43)cn2)c1. The number of anilines is 3. The van der Waals surface area contributed by atoms with Crippen molar-refractivity contribution in [2.75, 3.05) is 16.8 Å². The first-order valence-electron chi connectivity index (χ1n) is 8.86. The van der Waals surface area contributed by atoms with Crippen molar-refractivity contribution in [3.05, 3.63) is 83.6 Å². The van der Waals surface area contributed by atoms with Crippen molar-refractivity contribution < 1.29 is 4.79 Å². The molecule has 1 aliphatic rings. The minimum absolute atomic E-state index is 0.0534. The van der Waals surface area contributed by atoms with Gasteiger partial charge in [-0.05, 0) is 42.7 Å². The molecule has 1 N–H and O–H groups in total. The zero-order chi connectivity index (χ0) is 17.9. The second kappa shape index (κ2) is 7.00. The number of hydrogen-bond donors (Lipinski definition) is 1. The summed E-state index contributed by atoms with van der Waals surface area (Å²) in [7, 11) is 0. The number of nitrogens with one attached hydrogen (secondary N) is 1. The Morgan fingerprint density at radius 2 is 2.00 bits per heavy atom. The van der Waals surface area contributed by atoms with Crippen molar-refractivity contribution >= 4 is 23.1 Å². The average Bonchev–Trinajstić information content (AvgIpc) is 3.06. The van der Waals surface area contributed by atoms with Crippen LogP contribution in [0.25, 0.3) is 0 Å². The lowest BCUT2D eigenvalue weighted by Gasteiger charge is -2.19. The fourth-order valence-electron chi connectivity index (χ4n) is 3.42. The van der Waals surface area contributed by atoms with Gasteiger partial charge in [-0.15, -0.1) is 0 Å². The van der Waals surface area contributed by atoms with E-state index in [1.54, 1.807) is 0 Å². The normalized spacial score (nSPS) is 12.7. The topological polar surface area (TPSA) is 45.2 Å². The maximum Gasteiger partial charge on any atom is 0.229 e. The lowest BCUT2D eigenvalue weighted by molar-refractivity contribution is -0.115. The predicted molar refractivity (Wildman–Crippen MR) is 105 cm³/mol. The molecule has 0 saturated heterocycles. The van der Waals surface area contributed by atoms with Crippen molar-refractivity contribution in [1.29, 1.82) is 0 Å². The summed E-state index contributed by atoms with van der Waals surface area (Å²) >= 11 is 0. The Morgan fingerprint density at radius 1 is 1.12 bits per heavy atom. The number of benzene rings is 2. The summed E-state index contributed by atoms with van der Waals surface area (Å²) in [5, 5.41) is 2.88. The fraction of sp³-hybridized carbons (Fsp3) is 0.182. The predicted octanol–water partition coefficient (Wildman–Crippen LogP) is 4.27. The van der Waals surface area contributed by atoms with Gasteiger partial charge in [0.25, 0.3) is 0 Å². The summed E-state index contributed by atoms with van der Waals surface area (Å²) in [6.07, 6.45) is 3.22. The molecule has 0 aliphatic carbocycles. The summed E-state index contributed by atoms with van der Waals surface area (Å²) < 4.78 is 0. The summed E-state index contributed by atoms with van der Waals surface area (Å²) in [5.41, 5.74) is 5.82. The third-order valence-electron chi connectivity index (χ3n) is 4.66. The molecule has 2 aromatic carbocycles. The van der Waals surface area contributed by atoms with Gasteiger partial charge in [-0.3, -0.25) is 4.79 Å². The van der Waals surface area contributed by atoms with E-state index in [4.69, 9.17) is 0 Å². The van der Waals surface area contributed by atoms with Gasteiger partial charge in [0.1, 0.15) is 5.82 Å². The van der Waals surface area contributed by atoms with Gasteiger partial charge in [-0.25, -0.2) is 4.98 Å². The van der Waals surface area contributed by atoms with Gasteiger partial charge in [0, 0.05) is 12.2 Å². The van der Waals surface area contributed by atoms with Crippen LogP contribution in [-0.2, 0) is 17.6 Å². The Morgan fingerprint density at radius 3 is 2.81 bits per heavy atom. The van der Waals surface area contributed by atoms with Gasteiger partial charge in [-0.1, -0.05) is 48.0 Å². The third-order valence-corrected chi connectivity index (χ3v) is 4.66. The highest BCUT2D eigenvalue weighted by Crippen LogP contribution is 2.33. The average molecular weight is 343 g/mol. The first-order valence-corrected chi connectivity index (χ1v) is 8.86. The van der Waals surface area contributed by atoms with Crippen LogP contribution in [0.4, 0.5) is 17.2 Å². The van der Waals surface area contributed by atoms with E-state index >= 15 is 0 Å². The molecule has 4 nitrogen and oxygen atoms in total. The van der Waals surface area contributed by atoms with Gasteiger partial charge < -0.3 is 10.2 Å². The molecule has 1 aromatic heterocycles. The Kier molecular flexibility index (Phi) is 4.40. The van der Waals surface area contributed by atoms with E-state index < -0.39 is 0 Å². The van der Waals surface area contributed by atoms with Crippen LogP contribution >= 0.6 is 0 Å². The van der Waals surface area contributed by atoms with Crippen LogP contribution in [0.1, 0.15) is 16.7 Å². The number of nitrogens with zero attached hydrogens (tertiary/aromatic N) is 2. The minimum atomic E-state index is -0.0534. The number of hydrogen-bond acceptors (Lipinski definition) is 3. The molecule has 0 saturated carbocycles. The summed E-state index contributed by atoms with van der Waals surface area (Å²) in [4.78, 5) is 18.9. The standard InChI is InChI=1S/C22H21N3O/c1-16-5-4-6-17(13-16)14-22(26)24-21-10-9-19(15-23-21)25-12-11-18-7-2-3-8-20(18)25/h2-10,13,15H,11-12,14H2,1H3,(H,23,24,26). The number of carbonyl (C=O) groups excluding carboxylic acids is 1. The molecule has 0 radical (unpaired) electrons. The van der Waals surface area contributed by atoms with Gasteiger partial charge in [0.2, 0.25) is 5.91 Å². The van der Waals surface area contributed by atoms with E-state index in [0.29, 0.717) is 12.2 Å². The van der Waals surface area contributed by atoms with Crippen molar-refractivity contribution in [3.63, 3.8) is 0 Å². The number of aromatic nitrogens is 1. The lowest BCUT2D eigenvalue weighted by atomic mass is 10.1. The Balaban J connectivity index is 1.43. The number of para-hydroxylation sites is 1. The number of pyridine rings is 1. The largest absolute Gasteiger partial charge is 0.340 e. The molecule has 130 valence electrons. The summed E-state index contributed by atoms with van der Waals surface area (Å²) in [6.45, 7) is 2.98. The second-order valence-electron chi connectivity index (χ2n) is 6.65. The van der Waals surface area contributed by atoms with Crippen LogP contribution in [0.15, 0.2) is 66.9 Å². The molecule has 0 bridgehead atoms. The quantitative estimate of drug-likeness (QED) is 0.770. The van der Waals surface area contributed by atoms with Crippen LogP contribution in [0, 0.1) is 6.92 Å². The number of carbonyl (C=O) groups is 1. The van der Waals surface area contributed by atoms with E-state index in [1.165, 1.54) is 11.3 Å². The molecule has 4 heteroatoms. The van der Waals surface area contributed by atoms with Gasteiger partial charge in [0.05, 0.1) is 18.3 Å². The highest BCUT2D eigenvalue weighted by Gasteiger charge is 2.19. The van der Waals surface area contributed by atoms with E-state index in [1.807, 2.05) is 49.5 Å². The Bertz CT molecular complexity index is 934. The maximum absolute atomic E-state index is 12.2. The molecule has 3 aromatic rings. The molecule has 1 aliphatic heterocycles. The molecule has 0 unspecified atom stereocenters. The molecule has 0 atom stereocenters. The highest BCUT2D eigenvalue weighted by molar-refractivity contribution is 5.91. The maximum atomic E-state index is 12.2. The van der Waals surface area contributed by atoms with E-state index in [0.717, 1.165) is 29.8 Å². The molecule has 26 heavy (non-hydrogen) atoms. The molecule has 2 heterocycles. The minimum Gasteiger partial charge on any atom is -0.340 e. The van der Waals surface area contributed by atoms with Crippen LogP contribution in [0.5, 0.6) is 0 Å². The first kappa shape index (κ1) is 16.3. The molecule has 0 spiro atoms. The van der Waals surface area contributed by atoms with E-state index in [-0.39, 0.29) is 5.91 Å². The van der Waals surface area contributed by atoms with Crippen molar-refractivity contribution in [1.82, 2.24) is 4.98 Å². The molecular weight excluding hydrogens is 322 g/mol. The van der Waals surface area contributed by atoms with Gasteiger partial charge >= 0.3 is 0 Å². The van der Waals surface area contributed by atoms with Crippen molar-refractivity contribution in [3.8, 4) is 0 Å². The zero-order valence-electron chi connectivity index (χ0n) is 14.8. The highest BCUT2D eigenvalue weighted by atomic mass is 16.1. The van der Waals surface area contributed by atoms with Crippen LogP contribution in [0.2, 0.25) is 0 Å². The number of amides is 1. The fourth-order valence-corrected chi connectivity index (χ4v) is 3.42. The van der Waals surface area contributed by atoms with E-state index in [2.05, 4.69) is 39.5 Å². The smallest absolute Gasteiger partial charge is 0.229 e. The third kappa shape index (κ3) is 3.45. The van der Waals surface area contributed by atoms with Crippen LogP contribution in [-0.4, -0.2) is 17.4 Å². The van der Waals surface area contributed by atoms with Gasteiger partial charge in [0.15, 0.2) is 0 Å². The van der Waals surface area contributed by atoms with E-state index in [9.17, 15) is 4.79 Å². The number of rotatable bonds is 4. The monoisotopic (exact) mass is 343 g/mol. The number of aryl methyl sites for hydroxylation is 1. The molecule has 1 amide bonds. The lowest BCUT2D eigenvalue weighted by Crippen LogP contribution is -2.16. The molecule has 0 fully saturated rings. The second-order valence-corrected chi connectivity index (χ2v) is 6.65. The summed E-state index contributed by atoms with van der Waals surface area (Å²) in [5.74, 6) is 0.529. The number of fused-ring (bicyclic) bond motifs is 1. The van der Waals surface area contributed by atoms with Crippen molar-refractivity contribution in [2.45, 2.75) is 19.8 Å². The van der Waals surface area contributed by atoms with Gasteiger partial charge in [-0.2, -0.15) is 0 Å². The van der Waals surface area contributed by atoms with Crippen molar-refractivity contribution in [2.24, 2.45) is 0 Å². The Labute approximate surface area is 153 Å². The van der Waals surface area contributed by atoms with Crippen LogP contribution in [0.3, 0.4) is 0 Å².